The normalized spacial score (nSPS) is 11.4. The average Bonchev–Trinajstić information content (AvgIpc) is 2.78. The van der Waals surface area contributed by atoms with Gasteiger partial charge >= 0.3 is 0 Å². The molecule has 0 fully saturated rings. The number of rotatable bonds is 14. The van der Waals surface area contributed by atoms with Crippen LogP contribution in [0.5, 0.6) is 5.75 Å². The Morgan fingerprint density at radius 2 is 1.35 bits per heavy atom. The van der Waals surface area contributed by atoms with Gasteiger partial charge in [0, 0.05) is 31.1 Å². The predicted octanol–water partition coefficient (Wildman–Crippen LogP) is 8.09. The van der Waals surface area contributed by atoms with Gasteiger partial charge in [-0.2, -0.15) is 0 Å². The van der Waals surface area contributed by atoms with Gasteiger partial charge in [0.05, 0.1) is 6.61 Å². The highest BCUT2D eigenvalue weighted by Crippen LogP contribution is 2.30. The molecule has 0 unspecified atom stereocenters. The molecule has 0 radical (unpaired) electrons. The first-order valence-corrected chi connectivity index (χ1v) is 12.1. The Labute approximate surface area is 207 Å². The molecular weight excluding hydrogens is 495 g/mol. The van der Waals surface area contributed by atoms with E-state index in [2.05, 4.69) is 62.1 Å². The molecule has 0 saturated carbocycles. The largest absolute Gasteiger partial charge is 0.493 e. The first-order chi connectivity index (χ1) is 14.8. The minimum absolute atomic E-state index is 0. The summed E-state index contributed by atoms with van der Waals surface area (Å²) in [6.45, 7) is 9.70. The summed E-state index contributed by atoms with van der Waals surface area (Å²) in [5.41, 5.74) is 1.22. The summed E-state index contributed by atoms with van der Waals surface area (Å²) in [7, 11) is 1.94. The molecule has 2 aromatic rings. The summed E-state index contributed by atoms with van der Waals surface area (Å²) in [5, 5.41) is 2.43. The third kappa shape index (κ3) is 8.63. The number of hydrogen-bond acceptors (Lipinski definition) is 2. The molecule has 2 aromatic carbocycles. The van der Waals surface area contributed by atoms with Crippen molar-refractivity contribution in [2.45, 2.75) is 78.6 Å². The lowest BCUT2D eigenvalue weighted by Gasteiger charge is -2.27. The van der Waals surface area contributed by atoms with Crippen molar-refractivity contribution in [3.05, 3.63) is 42.0 Å². The maximum Gasteiger partial charge on any atom is 0.131 e. The van der Waals surface area contributed by atoms with Crippen molar-refractivity contribution in [3.63, 3.8) is 0 Å². The molecule has 0 amide bonds. The summed E-state index contributed by atoms with van der Waals surface area (Å²) in [4.78, 5) is 7.29. The molecular formula is C27H43IN2O. The zero-order chi connectivity index (χ0) is 21.6. The SMILES string of the molecule is CCCCCOc1ccc(C(=NC)N(CCCCC)CCCCC)c2ccccc12.I. The van der Waals surface area contributed by atoms with Crippen LogP contribution in [0.2, 0.25) is 0 Å². The highest BCUT2D eigenvalue weighted by Gasteiger charge is 2.17. The zero-order valence-corrected chi connectivity index (χ0v) is 22.5. The standard InChI is InChI=1S/C27H42N2O.HI/c1-5-8-13-20-29(21-14-9-6-2)27(28-4)25-18-19-26(30-22-15-10-7-3)24-17-12-11-16-23(24)25;/h11-12,16-19H,5-10,13-15,20-22H2,1-4H3;1H. The lowest BCUT2D eigenvalue weighted by atomic mass is 10.0. The van der Waals surface area contributed by atoms with E-state index in [4.69, 9.17) is 9.73 Å². The minimum atomic E-state index is 0. The molecule has 0 aromatic heterocycles. The second-order valence-electron chi connectivity index (χ2n) is 8.16. The van der Waals surface area contributed by atoms with E-state index in [1.807, 2.05) is 7.05 Å². The maximum atomic E-state index is 6.16. The van der Waals surface area contributed by atoms with Crippen LogP contribution in [0, 0.1) is 0 Å². The van der Waals surface area contributed by atoms with Crippen molar-refractivity contribution in [3.8, 4) is 5.75 Å². The minimum Gasteiger partial charge on any atom is -0.493 e. The van der Waals surface area contributed by atoms with Crippen LogP contribution < -0.4 is 4.74 Å². The zero-order valence-electron chi connectivity index (χ0n) is 20.2. The summed E-state index contributed by atoms with van der Waals surface area (Å²) in [6, 6.07) is 13.0. The Hall–Kier alpha value is -1.30. The van der Waals surface area contributed by atoms with Crippen LogP contribution in [0.25, 0.3) is 10.8 Å². The molecule has 0 aliphatic carbocycles. The number of aliphatic imine (C=N–C) groups is 1. The number of fused-ring (bicyclic) bond motifs is 1. The Kier molecular flexibility index (Phi) is 14.6. The van der Waals surface area contributed by atoms with Crippen molar-refractivity contribution < 1.29 is 4.74 Å². The fraction of sp³-hybridized carbons (Fsp3) is 0.593. The van der Waals surface area contributed by atoms with Gasteiger partial charge < -0.3 is 9.64 Å². The smallest absolute Gasteiger partial charge is 0.131 e. The number of nitrogens with zero attached hydrogens (tertiary/aromatic N) is 2. The predicted molar refractivity (Wildman–Crippen MR) is 147 cm³/mol. The van der Waals surface area contributed by atoms with Crippen LogP contribution in [0.15, 0.2) is 41.4 Å². The number of amidine groups is 1. The van der Waals surface area contributed by atoms with Gasteiger partial charge in [0.15, 0.2) is 0 Å². The molecule has 0 heterocycles. The van der Waals surface area contributed by atoms with Crippen LogP contribution in [0.4, 0.5) is 0 Å². The topological polar surface area (TPSA) is 24.8 Å². The highest BCUT2D eigenvalue weighted by atomic mass is 127. The summed E-state index contributed by atoms with van der Waals surface area (Å²) >= 11 is 0. The van der Waals surface area contributed by atoms with E-state index < -0.39 is 0 Å². The Bertz CT molecular complexity index is 765. The number of benzene rings is 2. The Morgan fingerprint density at radius 1 is 0.774 bits per heavy atom. The van der Waals surface area contributed by atoms with E-state index in [9.17, 15) is 0 Å². The molecule has 2 rings (SSSR count). The average molecular weight is 539 g/mol. The second-order valence-corrected chi connectivity index (χ2v) is 8.16. The van der Waals surface area contributed by atoms with Crippen molar-refractivity contribution in [2.24, 2.45) is 4.99 Å². The number of halogens is 1. The van der Waals surface area contributed by atoms with E-state index in [0.717, 1.165) is 37.7 Å². The van der Waals surface area contributed by atoms with Gasteiger partial charge in [0.1, 0.15) is 11.6 Å². The third-order valence-electron chi connectivity index (χ3n) is 5.70. The first kappa shape index (κ1) is 27.7. The molecule has 31 heavy (non-hydrogen) atoms. The van der Waals surface area contributed by atoms with Crippen LogP contribution in [0.3, 0.4) is 0 Å². The summed E-state index contributed by atoms with van der Waals surface area (Å²) in [5.74, 6) is 2.11. The molecule has 0 bridgehead atoms. The number of hydrogen-bond donors (Lipinski definition) is 0. The van der Waals surface area contributed by atoms with E-state index >= 15 is 0 Å². The van der Waals surface area contributed by atoms with Crippen LogP contribution in [0.1, 0.15) is 84.1 Å². The van der Waals surface area contributed by atoms with Crippen LogP contribution in [-0.2, 0) is 0 Å². The monoisotopic (exact) mass is 538 g/mol. The van der Waals surface area contributed by atoms with Gasteiger partial charge in [-0.15, -0.1) is 24.0 Å². The van der Waals surface area contributed by atoms with Crippen LogP contribution in [-0.4, -0.2) is 37.5 Å². The lowest BCUT2D eigenvalue weighted by molar-refractivity contribution is 0.310. The van der Waals surface area contributed by atoms with Crippen molar-refractivity contribution in [1.29, 1.82) is 0 Å². The summed E-state index contributed by atoms with van der Waals surface area (Å²) in [6.07, 6.45) is 11.0. The first-order valence-electron chi connectivity index (χ1n) is 12.1. The maximum absolute atomic E-state index is 6.16. The Balaban J connectivity index is 0.00000480. The van der Waals surface area contributed by atoms with E-state index in [1.54, 1.807) is 0 Å². The molecule has 4 heteroatoms. The third-order valence-corrected chi connectivity index (χ3v) is 5.70. The molecule has 3 nitrogen and oxygen atoms in total. The van der Waals surface area contributed by atoms with Gasteiger partial charge in [-0.05, 0) is 36.8 Å². The highest BCUT2D eigenvalue weighted by molar-refractivity contribution is 14.0. The fourth-order valence-electron chi connectivity index (χ4n) is 3.99. The van der Waals surface area contributed by atoms with E-state index in [0.29, 0.717) is 0 Å². The van der Waals surface area contributed by atoms with Gasteiger partial charge in [0.25, 0.3) is 0 Å². The summed E-state index contributed by atoms with van der Waals surface area (Å²) < 4.78 is 6.16. The molecule has 0 spiro atoms. The lowest BCUT2D eigenvalue weighted by Crippen LogP contribution is -2.34. The van der Waals surface area contributed by atoms with Crippen molar-refractivity contribution in [1.82, 2.24) is 4.90 Å². The molecule has 0 saturated heterocycles. The van der Waals surface area contributed by atoms with Gasteiger partial charge in [-0.25, -0.2) is 0 Å². The van der Waals surface area contributed by atoms with E-state index in [1.165, 1.54) is 67.7 Å². The molecule has 0 aliphatic heterocycles. The van der Waals surface area contributed by atoms with E-state index in [-0.39, 0.29) is 24.0 Å². The van der Waals surface area contributed by atoms with Gasteiger partial charge in [-0.1, -0.05) is 83.6 Å². The molecule has 0 atom stereocenters. The van der Waals surface area contributed by atoms with Crippen molar-refractivity contribution >= 4 is 40.6 Å². The molecule has 174 valence electrons. The number of unbranched alkanes of at least 4 members (excludes halogenated alkanes) is 6. The van der Waals surface area contributed by atoms with Crippen molar-refractivity contribution in [2.75, 3.05) is 26.7 Å². The fourth-order valence-corrected chi connectivity index (χ4v) is 3.99. The van der Waals surface area contributed by atoms with Gasteiger partial charge in [0.2, 0.25) is 0 Å². The quantitative estimate of drug-likeness (QED) is 0.105. The van der Waals surface area contributed by atoms with Crippen LogP contribution >= 0.6 is 24.0 Å². The Morgan fingerprint density at radius 3 is 1.94 bits per heavy atom. The number of ether oxygens (including phenoxy) is 1. The second kappa shape index (κ2) is 16.3. The molecule has 0 N–H and O–H groups in total. The van der Waals surface area contributed by atoms with Gasteiger partial charge in [-0.3, -0.25) is 4.99 Å². The molecule has 0 aliphatic rings.